The van der Waals surface area contributed by atoms with Crippen LogP contribution in [-0.2, 0) is 19.2 Å². The van der Waals surface area contributed by atoms with Crippen molar-refractivity contribution in [1.82, 2.24) is 16.0 Å². The number of hydrogen-bond acceptors (Lipinski definition) is 5. The minimum atomic E-state index is -1.17. The van der Waals surface area contributed by atoms with E-state index in [9.17, 15) is 19.2 Å². The molecule has 0 rings (SSSR count). The smallest absolute Gasteiger partial charge is 0.322 e. The standard InChI is InChI=1S/C16H30N4O5/c1-9(2)5-11(17)15(24)18-7-13(21)20-12(6-10(3)4)16(25)19-8-14(22)23/h9-12H,5-8,17H2,1-4H3,(H,18,24)(H,19,25)(H,20,21)(H,22,23)/t11-,12-/m0/s1. The Balaban J connectivity index is 4.53. The first-order valence-electron chi connectivity index (χ1n) is 8.35. The first kappa shape index (κ1) is 22.8. The number of hydrogen-bond donors (Lipinski definition) is 5. The molecule has 0 fully saturated rings. The van der Waals surface area contributed by atoms with Crippen LogP contribution in [0.5, 0.6) is 0 Å². The van der Waals surface area contributed by atoms with E-state index in [1.807, 2.05) is 27.7 Å². The van der Waals surface area contributed by atoms with Crippen molar-refractivity contribution in [1.29, 1.82) is 0 Å². The molecule has 0 bridgehead atoms. The van der Waals surface area contributed by atoms with Crippen LogP contribution in [0.3, 0.4) is 0 Å². The Kier molecular flexibility index (Phi) is 10.4. The Morgan fingerprint density at radius 3 is 1.88 bits per heavy atom. The number of carbonyl (C=O) groups is 4. The fourth-order valence-corrected chi connectivity index (χ4v) is 2.15. The van der Waals surface area contributed by atoms with Gasteiger partial charge < -0.3 is 26.8 Å². The third-order valence-corrected chi connectivity index (χ3v) is 3.26. The maximum atomic E-state index is 12.0. The average molecular weight is 358 g/mol. The van der Waals surface area contributed by atoms with Gasteiger partial charge in [0, 0.05) is 0 Å². The molecule has 3 amide bonds. The molecule has 0 aliphatic rings. The topological polar surface area (TPSA) is 151 Å². The van der Waals surface area contributed by atoms with Gasteiger partial charge in [-0.3, -0.25) is 19.2 Å². The molecule has 6 N–H and O–H groups in total. The Morgan fingerprint density at radius 1 is 0.880 bits per heavy atom. The number of carboxylic acid groups (broad SMARTS) is 1. The predicted molar refractivity (Wildman–Crippen MR) is 92.5 cm³/mol. The number of nitrogens with two attached hydrogens (primary N) is 1. The summed E-state index contributed by atoms with van der Waals surface area (Å²) in [4.78, 5) is 46.3. The fourth-order valence-electron chi connectivity index (χ4n) is 2.15. The maximum absolute atomic E-state index is 12.0. The highest BCUT2D eigenvalue weighted by Crippen LogP contribution is 2.05. The Hall–Kier alpha value is -2.16. The summed E-state index contributed by atoms with van der Waals surface area (Å²) in [7, 11) is 0. The molecule has 0 aromatic carbocycles. The molecule has 0 aliphatic heterocycles. The van der Waals surface area contributed by atoms with Crippen LogP contribution in [0.25, 0.3) is 0 Å². The summed E-state index contributed by atoms with van der Waals surface area (Å²) >= 11 is 0. The van der Waals surface area contributed by atoms with E-state index in [0.717, 1.165) is 0 Å². The Morgan fingerprint density at radius 2 is 1.40 bits per heavy atom. The summed E-state index contributed by atoms with van der Waals surface area (Å²) in [6.45, 7) is 6.79. The molecular formula is C16H30N4O5. The lowest BCUT2D eigenvalue weighted by Gasteiger charge is -2.20. The maximum Gasteiger partial charge on any atom is 0.322 e. The number of nitrogens with one attached hydrogen (secondary N) is 3. The number of carboxylic acids is 1. The zero-order valence-corrected chi connectivity index (χ0v) is 15.3. The molecule has 144 valence electrons. The van der Waals surface area contributed by atoms with Gasteiger partial charge in [-0.15, -0.1) is 0 Å². The molecule has 25 heavy (non-hydrogen) atoms. The van der Waals surface area contributed by atoms with E-state index in [2.05, 4.69) is 16.0 Å². The molecule has 0 saturated heterocycles. The van der Waals surface area contributed by atoms with E-state index in [1.54, 1.807) is 0 Å². The van der Waals surface area contributed by atoms with Gasteiger partial charge in [0.1, 0.15) is 12.6 Å². The largest absolute Gasteiger partial charge is 0.480 e. The SMILES string of the molecule is CC(C)C[C@H](NC(=O)CNC(=O)[C@@H](N)CC(C)C)C(=O)NCC(=O)O. The summed E-state index contributed by atoms with van der Waals surface area (Å²) in [6, 6.07) is -1.56. The van der Waals surface area contributed by atoms with Gasteiger partial charge in [0.25, 0.3) is 0 Å². The van der Waals surface area contributed by atoms with E-state index in [-0.39, 0.29) is 18.4 Å². The van der Waals surface area contributed by atoms with Crippen LogP contribution in [0.2, 0.25) is 0 Å². The van der Waals surface area contributed by atoms with Gasteiger partial charge in [-0.2, -0.15) is 0 Å². The van der Waals surface area contributed by atoms with Gasteiger partial charge in [0.05, 0.1) is 12.6 Å². The van der Waals surface area contributed by atoms with Crippen LogP contribution < -0.4 is 21.7 Å². The second-order valence-corrected chi connectivity index (χ2v) is 6.82. The van der Waals surface area contributed by atoms with Crippen LogP contribution in [0.15, 0.2) is 0 Å². The highest BCUT2D eigenvalue weighted by Gasteiger charge is 2.23. The summed E-state index contributed by atoms with van der Waals surface area (Å²) in [5, 5.41) is 15.8. The fraction of sp³-hybridized carbons (Fsp3) is 0.750. The van der Waals surface area contributed by atoms with E-state index in [1.165, 1.54) is 0 Å². The molecular weight excluding hydrogens is 328 g/mol. The number of carbonyl (C=O) groups excluding carboxylic acids is 3. The van der Waals surface area contributed by atoms with Crippen molar-refractivity contribution < 1.29 is 24.3 Å². The van der Waals surface area contributed by atoms with Crippen molar-refractivity contribution in [3.63, 3.8) is 0 Å². The lowest BCUT2D eigenvalue weighted by Crippen LogP contribution is -2.52. The van der Waals surface area contributed by atoms with Gasteiger partial charge in [-0.05, 0) is 24.7 Å². The molecule has 0 aromatic heterocycles. The highest BCUT2D eigenvalue weighted by atomic mass is 16.4. The molecule has 9 nitrogen and oxygen atoms in total. The molecule has 0 unspecified atom stereocenters. The summed E-state index contributed by atoms with van der Waals surface area (Å²) in [5.74, 6) is -2.36. The van der Waals surface area contributed by atoms with Crippen molar-refractivity contribution in [2.75, 3.05) is 13.1 Å². The van der Waals surface area contributed by atoms with Crippen molar-refractivity contribution >= 4 is 23.7 Å². The van der Waals surface area contributed by atoms with Gasteiger partial charge in [-0.1, -0.05) is 27.7 Å². The van der Waals surface area contributed by atoms with E-state index < -0.39 is 42.3 Å². The minimum Gasteiger partial charge on any atom is -0.480 e. The molecule has 2 atom stereocenters. The van der Waals surface area contributed by atoms with Gasteiger partial charge >= 0.3 is 5.97 Å². The molecule has 0 radical (unpaired) electrons. The van der Waals surface area contributed by atoms with Crippen LogP contribution in [0.1, 0.15) is 40.5 Å². The van der Waals surface area contributed by atoms with E-state index in [0.29, 0.717) is 12.8 Å². The van der Waals surface area contributed by atoms with Crippen LogP contribution in [-0.4, -0.2) is 54.0 Å². The summed E-state index contributed by atoms with van der Waals surface area (Å²) in [6.07, 6.45) is 0.846. The second-order valence-electron chi connectivity index (χ2n) is 6.82. The van der Waals surface area contributed by atoms with Crippen LogP contribution in [0.4, 0.5) is 0 Å². The minimum absolute atomic E-state index is 0.106. The zero-order chi connectivity index (χ0) is 19.6. The van der Waals surface area contributed by atoms with Crippen molar-refractivity contribution in [2.24, 2.45) is 17.6 Å². The Labute approximate surface area is 148 Å². The molecule has 0 aromatic rings. The van der Waals surface area contributed by atoms with Crippen molar-refractivity contribution in [3.05, 3.63) is 0 Å². The number of amides is 3. The first-order valence-corrected chi connectivity index (χ1v) is 8.35. The third kappa shape index (κ3) is 11.1. The lowest BCUT2D eigenvalue weighted by molar-refractivity contribution is -0.138. The summed E-state index contributed by atoms with van der Waals surface area (Å²) < 4.78 is 0. The predicted octanol–water partition coefficient (Wildman–Crippen LogP) is -0.792. The quantitative estimate of drug-likeness (QED) is 0.326. The number of aliphatic carboxylic acids is 1. The molecule has 0 saturated carbocycles. The average Bonchev–Trinajstić information content (AvgIpc) is 2.48. The molecule has 9 heteroatoms. The van der Waals surface area contributed by atoms with Gasteiger partial charge in [-0.25, -0.2) is 0 Å². The normalized spacial score (nSPS) is 13.2. The molecule has 0 aliphatic carbocycles. The monoisotopic (exact) mass is 358 g/mol. The van der Waals surface area contributed by atoms with Crippen LogP contribution >= 0.6 is 0 Å². The highest BCUT2D eigenvalue weighted by molar-refractivity contribution is 5.91. The lowest BCUT2D eigenvalue weighted by atomic mass is 10.0. The molecule has 0 spiro atoms. The van der Waals surface area contributed by atoms with Crippen LogP contribution in [0, 0.1) is 11.8 Å². The van der Waals surface area contributed by atoms with Gasteiger partial charge in [0.2, 0.25) is 17.7 Å². The number of rotatable bonds is 11. The van der Waals surface area contributed by atoms with Gasteiger partial charge in [0.15, 0.2) is 0 Å². The van der Waals surface area contributed by atoms with E-state index >= 15 is 0 Å². The third-order valence-electron chi connectivity index (χ3n) is 3.26. The van der Waals surface area contributed by atoms with Crippen molar-refractivity contribution in [2.45, 2.75) is 52.6 Å². The summed E-state index contributed by atoms with van der Waals surface area (Å²) in [5.41, 5.74) is 5.72. The van der Waals surface area contributed by atoms with Crippen molar-refractivity contribution in [3.8, 4) is 0 Å². The molecule has 0 heterocycles. The second kappa shape index (κ2) is 11.4. The Bertz CT molecular complexity index is 479. The zero-order valence-electron chi connectivity index (χ0n) is 15.3. The first-order chi connectivity index (χ1) is 11.5. The van der Waals surface area contributed by atoms with E-state index in [4.69, 9.17) is 10.8 Å².